The molecule has 2 rings (SSSR count). The van der Waals surface area contributed by atoms with E-state index in [1.54, 1.807) is 6.33 Å². The standard InChI is InChI=1S/C15H28N4/c1-4-13-6-5-7-14(8-13)16-9-15-17-11-18-19(15)10-12(2)3/h11-14,16H,4-10H2,1-3H3. The minimum Gasteiger partial charge on any atom is -0.307 e. The molecule has 1 aliphatic rings. The Morgan fingerprint density at radius 3 is 3.00 bits per heavy atom. The fraction of sp³-hybridized carbons (Fsp3) is 0.867. The molecule has 2 atom stereocenters. The van der Waals surface area contributed by atoms with Crippen molar-refractivity contribution in [2.24, 2.45) is 11.8 Å². The summed E-state index contributed by atoms with van der Waals surface area (Å²) < 4.78 is 2.04. The molecular weight excluding hydrogens is 236 g/mol. The molecule has 0 spiro atoms. The molecule has 4 nitrogen and oxygen atoms in total. The summed E-state index contributed by atoms with van der Waals surface area (Å²) >= 11 is 0. The number of nitrogens with zero attached hydrogens (tertiary/aromatic N) is 3. The van der Waals surface area contributed by atoms with Gasteiger partial charge in [-0.05, 0) is 24.7 Å². The lowest BCUT2D eigenvalue weighted by Gasteiger charge is -2.29. The van der Waals surface area contributed by atoms with E-state index in [4.69, 9.17) is 0 Å². The summed E-state index contributed by atoms with van der Waals surface area (Å²) in [6.45, 7) is 8.55. The predicted octanol–water partition coefficient (Wildman–Crippen LogP) is 2.99. The highest BCUT2D eigenvalue weighted by Gasteiger charge is 2.20. The molecule has 108 valence electrons. The van der Waals surface area contributed by atoms with Gasteiger partial charge in [0.15, 0.2) is 0 Å². The van der Waals surface area contributed by atoms with Crippen LogP contribution in [0.1, 0.15) is 58.7 Å². The van der Waals surface area contributed by atoms with Gasteiger partial charge >= 0.3 is 0 Å². The molecule has 1 saturated carbocycles. The predicted molar refractivity (Wildman–Crippen MR) is 77.7 cm³/mol. The molecule has 0 aliphatic heterocycles. The van der Waals surface area contributed by atoms with Gasteiger partial charge in [0.05, 0.1) is 6.54 Å². The molecular formula is C15H28N4. The Balaban J connectivity index is 1.83. The molecule has 19 heavy (non-hydrogen) atoms. The Labute approximate surface area is 117 Å². The van der Waals surface area contributed by atoms with Gasteiger partial charge in [0.25, 0.3) is 0 Å². The number of hydrogen-bond acceptors (Lipinski definition) is 3. The monoisotopic (exact) mass is 264 g/mol. The van der Waals surface area contributed by atoms with E-state index in [1.807, 2.05) is 4.68 Å². The van der Waals surface area contributed by atoms with Gasteiger partial charge in [0.2, 0.25) is 0 Å². The van der Waals surface area contributed by atoms with Crippen LogP contribution in [0.5, 0.6) is 0 Å². The molecule has 0 saturated heterocycles. The van der Waals surface area contributed by atoms with Crippen LogP contribution < -0.4 is 5.32 Å². The highest BCUT2D eigenvalue weighted by molar-refractivity contribution is 4.86. The van der Waals surface area contributed by atoms with Gasteiger partial charge in [-0.2, -0.15) is 5.10 Å². The van der Waals surface area contributed by atoms with Gasteiger partial charge < -0.3 is 5.32 Å². The highest BCUT2D eigenvalue weighted by Crippen LogP contribution is 2.26. The van der Waals surface area contributed by atoms with Crippen LogP contribution in [-0.2, 0) is 13.1 Å². The molecule has 1 aromatic rings. The highest BCUT2D eigenvalue weighted by atomic mass is 15.3. The van der Waals surface area contributed by atoms with E-state index in [2.05, 4.69) is 36.2 Å². The van der Waals surface area contributed by atoms with Crippen molar-refractivity contribution < 1.29 is 0 Å². The topological polar surface area (TPSA) is 42.7 Å². The summed E-state index contributed by atoms with van der Waals surface area (Å²) in [5, 5.41) is 8.00. The summed E-state index contributed by atoms with van der Waals surface area (Å²) in [4.78, 5) is 4.38. The largest absolute Gasteiger partial charge is 0.307 e. The van der Waals surface area contributed by atoms with Crippen LogP contribution in [0.15, 0.2) is 6.33 Å². The number of rotatable bonds is 6. The van der Waals surface area contributed by atoms with Gasteiger partial charge in [-0.3, -0.25) is 0 Å². The summed E-state index contributed by atoms with van der Waals surface area (Å²) in [6.07, 6.45) is 8.42. The second-order valence-corrected chi connectivity index (χ2v) is 6.27. The van der Waals surface area contributed by atoms with Crippen LogP contribution in [0.25, 0.3) is 0 Å². The Morgan fingerprint density at radius 2 is 2.26 bits per heavy atom. The third-order valence-electron chi connectivity index (χ3n) is 4.14. The first-order valence-electron chi connectivity index (χ1n) is 7.79. The normalized spacial score (nSPS) is 24.0. The molecule has 0 amide bonds. The summed E-state index contributed by atoms with van der Waals surface area (Å²) in [5.74, 6) is 2.60. The molecule has 1 aliphatic carbocycles. The average Bonchev–Trinajstić information content (AvgIpc) is 2.83. The maximum absolute atomic E-state index is 4.38. The van der Waals surface area contributed by atoms with E-state index in [9.17, 15) is 0 Å². The second kappa shape index (κ2) is 7.04. The Kier molecular flexibility index (Phi) is 5.37. The summed E-state index contributed by atoms with van der Waals surface area (Å²) in [5.41, 5.74) is 0. The lowest BCUT2D eigenvalue weighted by Crippen LogP contribution is -2.34. The van der Waals surface area contributed by atoms with Crippen molar-refractivity contribution in [2.45, 2.75) is 72.0 Å². The van der Waals surface area contributed by atoms with Crippen molar-refractivity contribution in [1.29, 1.82) is 0 Å². The van der Waals surface area contributed by atoms with Crippen LogP contribution >= 0.6 is 0 Å². The van der Waals surface area contributed by atoms with E-state index in [-0.39, 0.29) is 0 Å². The van der Waals surface area contributed by atoms with Crippen molar-refractivity contribution in [3.05, 3.63) is 12.2 Å². The molecule has 2 unspecified atom stereocenters. The fourth-order valence-electron chi connectivity index (χ4n) is 3.01. The zero-order chi connectivity index (χ0) is 13.7. The maximum Gasteiger partial charge on any atom is 0.140 e. The fourth-order valence-corrected chi connectivity index (χ4v) is 3.01. The van der Waals surface area contributed by atoms with Crippen molar-refractivity contribution in [1.82, 2.24) is 20.1 Å². The third kappa shape index (κ3) is 4.30. The van der Waals surface area contributed by atoms with Crippen molar-refractivity contribution >= 4 is 0 Å². The zero-order valence-electron chi connectivity index (χ0n) is 12.6. The van der Waals surface area contributed by atoms with E-state index in [1.165, 1.54) is 32.1 Å². The van der Waals surface area contributed by atoms with Gasteiger partial charge in [-0.1, -0.05) is 40.0 Å². The maximum atomic E-state index is 4.38. The first-order valence-corrected chi connectivity index (χ1v) is 7.79. The number of aromatic nitrogens is 3. The molecule has 4 heteroatoms. The SMILES string of the molecule is CCC1CCCC(NCc2ncnn2CC(C)C)C1. The Bertz CT molecular complexity index is 372. The van der Waals surface area contributed by atoms with Crippen LogP contribution in [0.2, 0.25) is 0 Å². The van der Waals surface area contributed by atoms with E-state index < -0.39 is 0 Å². The van der Waals surface area contributed by atoms with Gasteiger partial charge in [-0.15, -0.1) is 0 Å². The van der Waals surface area contributed by atoms with Gasteiger partial charge in [0, 0.05) is 12.6 Å². The Morgan fingerprint density at radius 1 is 1.42 bits per heavy atom. The second-order valence-electron chi connectivity index (χ2n) is 6.27. The van der Waals surface area contributed by atoms with Crippen molar-refractivity contribution in [3.63, 3.8) is 0 Å². The van der Waals surface area contributed by atoms with E-state index in [0.717, 1.165) is 24.8 Å². The number of nitrogens with one attached hydrogen (secondary N) is 1. The van der Waals surface area contributed by atoms with E-state index >= 15 is 0 Å². The molecule has 1 heterocycles. The average molecular weight is 264 g/mol. The first-order chi connectivity index (χ1) is 9.19. The summed E-state index contributed by atoms with van der Waals surface area (Å²) in [6, 6.07) is 0.669. The van der Waals surface area contributed by atoms with Gasteiger partial charge in [0.1, 0.15) is 12.2 Å². The number of hydrogen-bond donors (Lipinski definition) is 1. The molecule has 1 aromatic heterocycles. The zero-order valence-corrected chi connectivity index (χ0v) is 12.6. The van der Waals surface area contributed by atoms with Crippen molar-refractivity contribution in [2.75, 3.05) is 0 Å². The molecule has 0 bridgehead atoms. The minimum absolute atomic E-state index is 0.611. The molecule has 0 aromatic carbocycles. The smallest absolute Gasteiger partial charge is 0.140 e. The van der Waals surface area contributed by atoms with E-state index in [0.29, 0.717) is 12.0 Å². The lowest BCUT2D eigenvalue weighted by atomic mass is 9.84. The van der Waals surface area contributed by atoms with Crippen LogP contribution in [0.3, 0.4) is 0 Å². The molecule has 0 radical (unpaired) electrons. The molecule has 1 N–H and O–H groups in total. The van der Waals surface area contributed by atoms with Gasteiger partial charge in [-0.25, -0.2) is 9.67 Å². The Hall–Kier alpha value is -0.900. The third-order valence-corrected chi connectivity index (χ3v) is 4.14. The minimum atomic E-state index is 0.611. The molecule has 1 fully saturated rings. The van der Waals surface area contributed by atoms with Crippen LogP contribution in [-0.4, -0.2) is 20.8 Å². The summed E-state index contributed by atoms with van der Waals surface area (Å²) in [7, 11) is 0. The lowest BCUT2D eigenvalue weighted by molar-refractivity contribution is 0.275. The van der Waals surface area contributed by atoms with Crippen LogP contribution in [0, 0.1) is 11.8 Å². The first kappa shape index (κ1) is 14.5. The van der Waals surface area contributed by atoms with Crippen LogP contribution in [0.4, 0.5) is 0 Å². The quantitative estimate of drug-likeness (QED) is 0.859. The van der Waals surface area contributed by atoms with Crippen molar-refractivity contribution in [3.8, 4) is 0 Å².